The predicted molar refractivity (Wildman–Crippen MR) is 74.9 cm³/mol. The van der Waals surface area contributed by atoms with Crippen LogP contribution in [0.5, 0.6) is 5.75 Å². The molecule has 1 fully saturated rings. The van der Waals surface area contributed by atoms with Gasteiger partial charge in [0.05, 0.1) is 7.11 Å². The second-order valence-electron chi connectivity index (χ2n) is 4.47. The number of halogens is 1. The second-order valence-corrected chi connectivity index (χ2v) is 5.70. The first-order valence-corrected chi connectivity index (χ1v) is 7.67. The molecule has 5 heteroatoms. The third kappa shape index (κ3) is 2.81. The van der Waals surface area contributed by atoms with Crippen LogP contribution in [0.15, 0.2) is 11.4 Å². The van der Waals surface area contributed by atoms with Crippen LogP contribution in [0.2, 0.25) is 0 Å². The highest BCUT2D eigenvalue weighted by Crippen LogP contribution is 2.28. The Hall–Kier alpha value is -0.740. The van der Waals surface area contributed by atoms with Gasteiger partial charge >= 0.3 is 0 Å². The van der Waals surface area contributed by atoms with Crippen LogP contribution in [0.4, 0.5) is 0 Å². The van der Waals surface area contributed by atoms with Gasteiger partial charge in [0.15, 0.2) is 0 Å². The standard InChI is InChI=1S/C13H18ClNO2S/c1-17-11-6-8-18-12(11)13(16)15-7-4-2-3-5-10(15)9-14/h6,8,10H,2-5,7,9H2,1H3. The molecule has 2 heterocycles. The molecule has 1 aliphatic heterocycles. The van der Waals surface area contributed by atoms with Crippen LogP contribution in [0.3, 0.4) is 0 Å². The van der Waals surface area contributed by atoms with Gasteiger partial charge in [-0.2, -0.15) is 0 Å². The Balaban J connectivity index is 2.20. The van der Waals surface area contributed by atoms with Gasteiger partial charge < -0.3 is 9.64 Å². The average molecular weight is 288 g/mol. The molecule has 1 aliphatic rings. The van der Waals surface area contributed by atoms with Crippen molar-refractivity contribution in [2.45, 2.75) is 31.7 Å². The highest BCUT2D eigenvalue weighted by atomic mass is 35.5. The molecule has 0 aliphatic carbocycles. The van der Waals surface area contributed by atoms with Crippen molar-refractivity contribution >= 4 is 28.8 Å². The van der Waals surface area contributed by atoms with Crippen LogP contribution < -0.4 is 4.74 Å². The largest absolute Gasteiger partial charge is 0.495 e. The fraction of sp³-hybridized carbons (Fsp3) is 0.615. The fourth-order valence-electron chi connectivity index (χ4n) is 2.35. The number of hydrogen-bond donors (Lipinski definition) is 0. The lowest BCUT2D eigenvalue weighted by molar-refractivity contribution is 0.0702. The Morgan fingerprint density at radius 1 is 1.56 bits per heavy atom. The molecular weight excluding hydrogens is 270 g/mol. The maximum absolute atomic E-state index is 12.6. The first kappa shape index (κ1) is 13.7. The van der Waals surface area contributed by atoms with Gasteiger partial charge in [-0.1, -0.05) is 12.8 Å². The first-order chi connectivity index (χ1) is 8.77. The number of ether oxygens (including phenoxy) is 1. The molecule has 1 amide bonds. The molecule has 1 saturated heterocycles. The zero-order valence-corrected chi connectivity index (χ0v) is 12.1. The molecule has 18 heavy (non-hydrogen) atoms. The SMILES string of the molecule is COc1ccsc1C(=O)N1CCCCCC1CCl. The van der Waals surface area contributed by atoms with Crippen molar-refractivity contribution < 1.29 is 9.53 Å². The summed E-state index contributed by atoms with van der Waals surface area (Å²) in [6.45, 7) is 0.803. The minimum atomic E-state index is 0.0643. The quantitative estimate of drug-likeness (QED) is 0.798. The van der Waals surface area contributed by atoms with Crippen molar-refractivity contribution in [3.63, 3.8) is 0 Å². The summed E-state index contributed by atoms with van der Waals surface area (Å²) in [6, 6.07) is 2.00. The van der Waals surface area contributed by atoms with E-state index >= 15 is 0 Å². The summed E-state index contributed by atoms with van der Waals surface area (Å²) in [5, 5.41) is 1.89. The molecule has 0 spiro atoms. The number of alkyl halides is 1. The number of hydrogen-bond acceptors (Lipinski definition) is 3. The average Bonchev–Trinajstić information content (AvgIpc) is 2.74. The van der Waals surface area contributed by atoms with Gasteiger partial charge in [-0.3, -0.25) is 4.79 Å². The molecule has 1 atom stereocenters. The molecule has 1 unspecified atom stereocenters. The van der Waals surface area contributed by atoms with Crippen LogP contribution in [-0.2, 0) is 0 Å². The van der Waals surface area contributed by atoms with E-state index in [1.807, 2.05) is 16.3 Å². The highest BCUT2D eigenvalue weighted by molar-refractivity contribution is 7.12. The van der Waals surface area contributed by atoms with Gasteiger partial charge in [0, 0.05) is 18.5 Å². The fourth-order valence-corrected chi connectivity index (χ4v) is 3.48. The van der Waals surface area contributed by atoms with E-state index in [0.29, 0.717) is 16.5 Å². The maximum atomic E-state index is 12.6. The number of nitrogens with zero attached hydrogens (tertiary/aromatic N) is 1. The third-order valence-corrected chi connectivity index (χ3v) is 4.60. The summed E-state index contributed by atoms with van der Waals surface area (Å²) in [4.78, 5) is 15.2. The lowest BCUT2D eigenvalue weighted by Crippen LogP contribution is -2.40. The van der Waals surface area contributed by atoms with E-state index in [4.69, 9.17) is 16.3 Å². The molecule has 2 rings (SSSR count). The van der Waals surface area contributed by atoms with E-state index in [0.717, 1.165) is 25.8 Å². The minimum Gasteiger partial charge on any atom is -0.495 e. The van der Waals surface area contributed by atoms with Gasteiger partial charge in [0.2, 0.25) is 0 Å². The van der Waals surface area contributed by atoms with Crippen molar-refractivity contribution in [3.05, 3.63) is 16.3 Å². The smallest absolute Gasteiger partial charge is 0.268 e. The molecule has 0 bridgehead atoms. The van der Waals surface area contributed by atoms with Crippen LogP contribution in [0.1, 0.15) is 35.4 Å². The third-order valence-electron chi connectivity index (χ3n) is 3.36. The van der Waals surface area contributed by atoms with Crippen molar-refractivity contribution in [1.29, 1.82) is 0 Å². The van der Waals surface area contributed by atoms with E-state index in [-0.39, 0.29) is 11.9 Å². The lowest BCUT2D eigenvalue weighted by atomic mass is 10.1. The zero-order chi connectivity index (χ0) is 13.0. The number of carbonyl (C=O) groups is 1. The Morgan fingerprint density at radius 2 is 2.39 bits per heavy atom. The summed E-state index contributed by atoms with van der Waals surface area (Å²) in [5.41, 5.74) is 0. The van der Waals surface area contributed by atoms with Gasteiger partial charge in [-0.25, -0.2) is 0 Å². The summed E-state index contributed by atoms with van der Waals surface area (Å²) in [6.07, 6.45) is 4.40. The number of thiophene rings is 1. The Kier molecular flexibility index (Phi) is 4.89. The van der Waals surface area contributed by atoms with Crippen molar-refractivity contribution in [2.24, 2.45) is 0 Å². The normalized spacial score (nSPS) is 20.6. The van der Waals surface area contributed by atoms with Gasteiger partial charge in [0.1, 0.15) is 10.6 Å². The van der Waals surface area contributed by atoms with Gasteiger partial charge in [0.25, 0.3) is 5.91 Å². The van der Waals surface area contributed by atoms with Gasteiger partial charge in [-0.15, -0.1) is 22.9 Å². The van der Waals surface area contributed by atoms with Crippen molar-refractivity contribution in [3.8, 4) is 5.75 Å². The number of methoxy groups -OCH3 is 1. The lowest BCUT2D eigenvalue weighted by Gasteiger charge is -2.28. The summed E-state index contributed by atoms with van der Waals surface area (Å²) < 4.78 is 5.23. The molecule has 1 aromatic rings. The molecular formula is C13H18ClNO2S. The predicted octanol–water partition coefficient (Wildman–Crippen LogP) is 3.38. The maximum Gasteiger partial charge on any atom is 0.268 e. The van der Waals surface area contributed by atoms with Crippen molar-refractivity contribution in [1.82, 2.24) is 4.90 Å². The van der Waals surface area contributed by atoms with Crippen LogP contribution >= 0.6 is 22.9 Å². The molecule has 0 radical (unpaired) electrons. The monoisotopic (exact) mass is 287 g/mol. The number of carbonyl (C=O) groups excluding carboxylic acids is 1. The first-order valence-electron chi connectivity index (χ1n) is 6.26. The Bertz CT molecular complexity index is 407. The minimum absolute atomic E-state index is 0.0643. The molecule has 1 aromatic heterocycles. The van der Waals surface area contributed by atoms with E-state index in [2.05, 4.69) is 0 Å². The van der Waals surface area contributed by atoms with E-state index in [1.165, 1.54) is 17.8 Å². The highest BCUT2D eigenvalue weighted by Gasteiger charge is 2.28. The molecule has 0 saturated carbocycles. The molecule has 100 valence electrons. The Labute approximate surface area is 117 Å². The number of rotatable bonds is 3. The number of amides is 1. The van der Waals surface area contributed by atoms with Crippen LogP contribution in [0, 0.1) is 0 Å². The summed E-state index contributed by atoms with van der Waals surface area (Å²) in [5.74, 6) is 1.25. The van der Waals surface area contributed by atoms with Gasteiger partial charge in [-0.05, 0) is 24.3 Å². The zero-order valence-electron chi connectivity index (χ0n) is 10.5. The molecule has 0 N–H and O–H groups in total. The number of likely N-dealkylation sites (tertiary alicyclic amines) is 1. The Morgan fingerprint density at radius 3 is 3.11 bits per heavy atom. The van der Waals surface area contributed by atoms with E-state index in [1.54, 1.807) is 7.11 Å². The van der Waals surface area contributed by atoms with Crippen LogP contribution in [-0.4, -0.2) is 36.4 Å². The second kappa shape index (κ2) is 6.43. The van der Waals surface area contributed by atoms with E-state index < -0.39 is 0 Å². The van der Waals surface area contributed by atoms with Crippen LogP contribution in [0.25, 0.3) is 0 Å². The molecule has 3 nitrogen and oxygen atoms in total. The summed E-state index contributed by atoms with van der Waals surface area (Å²) in [7, 11) is 1.60. The molecule has 0 aromatic carbocycles. The topological polar surface area (TPSA) is 29.5 Å². The van der Waals surface area contributed by atoms with E-state index in [9.17, 15) is 4.79 Å². The summed E-state index contributed by atoms with van der Waals surface area (Å²) >= 11 is 7.44. The van der Waals surface area contributed by atoms with Crippen molar-refractivity contribution in [2.75, 3.05) is 19.5 Å².